The first-order valence-electron chi connectivity index (χ1n) is 13.1. The second kappa shape index (κ2) is 10.7. The van der Waals surface area contributed by atoms with Crippen molar-refractivity contribution in [2.45, 2.75) is 19.4 Å². The molecule has 4 heterocycles. The molecule has 196 valence electrons. The number of hydrogen-bond donors (Lipinski definition) is 2. The molecule has 3 aliphatic heterocycles. The van der Waals surface area contributed by atoms with Crippen molar-refractivity contribution in [1.82, 2.24) is 19.8 Å². The summed E-state index contributed by atoms with van der Waals surface area (Å²) in [6, 6.07) is 12.1. The van der Waals surface area contributed by atoms with Crippen molar-refractivity contribution >= 4 is 33.8 Å². The van der Waals surface area contributed by atoms with E-state index in [9.17, 15) is 5.11 Å². The SMILES string of the molecule is C=C(C1=CC2=NC=C=CN2C=C1)c1ccc(Nc2ncnc3ccc(OCCN4CCC(O)C4)cc23)cc1C. The van der Waals surface area contributed by atoms with E-state index in [4.69, 9.17) is 4.74 Å². The van der Waals surface area contributed by atoms with Gasteiger partial charge >= 0.3 is 0 Å². The lowest BCUT2D eigenvalue weighted by molar-refractivity contribution is 0.167. The number of amidine groups is 1. The number of fused-ring (bicyclic) bond motifs is 2. The summed E-state index contributed by atoms with van der Waals surface area (Å²) in [6.07, 6.45) is 11.7. The summed E-state index contributed by atoms with van der Waals surface area (Å²) < 4.78 is 6.02. The van der Waals surface area contributed by atoms with E-state index in [0.717, 1.165) is 70.0 Å². The normalized spacial score (nSPS) is 18.2. The lowest BCUT2D eigenvalue weighted by Gasteiger charge is -2.22. The fraction of sp³-hybridized carbons (Fsp3) is 0.226. The molecule has 1 saturated heterocycles. The molecule has 0 radical (unpaired) electrons. The third-order valence-corrected chi connectivity index (χ3v) is 7.14. The Balaban J connectivity index is 1.17. The number of aryl methyl sites for hydroxylation is 1. The minimum atomic E-state index is -0.221. The van der Waals surface area contributed by atoms with E-state index >= 15 is 0 Å². The summed E-state index contributed by atoms with van der Waals surface area (Å²) in [7, 11) is 0. The van der Waals surface area contributed by atoms with Crippen LogP contribution in [0.15, 0.2) is 96.4 Å². The molecule has 39 heavy (non-hydrogen) atoms. The number of aromatic nitrogens is 2. The van der Waals surface area contributed by atoms with Crippen LogP contribution in [0.5, 0.6) is 5.75 Å². The van der Waals surface area contributed by atoms with Crippen molar-refractivity contribution in [3.8, 4) is 5.75 Å². The standard InChI is InChI=1S/C31H30N6O2/c1-21-16-24(4-6-27(21)22(2)23-8-13-37-11-3-10-32-30(37)17-23)35-31-28-18-26(5-7-29(28)33-20-34-31)39-15-14-36-12-9-25(38)19-36/h4-8,10-11,13,16-18,20,25,38H,2,9,12,14-15,19H2,1H3,(H,33,34,35). The minimum absolute atomic E-state index is 0.221. The first-order valence-corrected chi connectivity index (χ1v) is 13.1. The summed E-state index contributed by atoms with van der Waals surface area (Å²) in [5.74, 6) is 2.33. The quantitative estimate of drug-likeness (QED) is 0.409. The van der Waals surface area contributed by atoms with E-state index < -0.39 is 0 Å². The first-order chi connectivity index (χ1) is 19.0. The van der Waals surface area contributed by atoms with Crippen LogP contribution in [0.3, 0.4) is 0 Å². The van der Waals surface area contributed by atoms with Gasteiger partial charge in [-0.3, -0.25) is 4.90 Å². The second-order valence-electron chi connectivity index (χ2n) is 9.86. The predicted molar refractivity (Wildman–Crippen MR) is 155 cm³/mol. The molecule has 0 amide bonds. The molecule has 3 aromatic rings. The van der Waals surface area contributed by atoms with Crippen LogP contribution in [0, 0.1) is 6.92 Å². The number of likely N-dealkylation sites (tertiary alicyclic amines) is 1. The number of anilines is 2. The Bertz CT molecular complexity index is 1600. The third-order valence-electron chi connectivity index (χ3n) is 7.14. The second-order valence-corrected chi connectivity index (χ2v) is 9.86. The highest BCUT2D eigenvalue weighted by molar-refractivity contribution is 6.01. The van der Waals surface area contributed by atoms with Crippen LogP contribution in [-0.2, 0) is 0 Å². The first kappa shape index (κ1) is 24.8. The van der Waals surface area contributed by atoms with Gasteiger partial charge in [0, 0.05) is 36.9 Å². The summed E-state index contributed by atoms with van der Waals surface area (Å²) >= 11 is 0. The zero-order valence-corrected chi connectivity index (χ0v) is 21.8. The van der Waals surface area contributed by atoms with Gasteiger partial charge in [-0.2, -0.15) is 0 Å². The van der Waals surface area contributed by atoms with E-state index in [0.29, 0.717) is 19.0 Å². The topological polar surface area (TPSA) is 86.1 Å². The number of β-amino-alcohol motifs (C(OH)–C–C–N with tert-alkyl or cyclic N) is 1. The molecule has 0 aliphatic carbocycles. The highest BCUT2D eigenvalue weighted by Crippen LogP contribution is 2.31. The molecule has 6 rings (SSSR count). The molecular weight excluding hydrogens is 488 g/mol. The number of nitrogens with one attached hydrogen (secondary N) is 1. The van der Waals surface area contributed by atoms with Gasteiger partial charge < -0.3 is 20.1 Å². The Morgan fingerprint density at radius 3 is 3.00 bits per heavy atom. The van der Waals surface area contributed by atoms with Crippen molar-refractivity contribution in [1.29, 1.82) is 0 Å². The summed E-state index contributed by atoms with van der Waals surface area (Å²) in [4.78, 5) is 17.5. The molecule has 1 unspecified atom stereocenters. The number of rotatable bonds is 8. The molecule has 3 aliphatic rings. The predicted octanol–water partition coefficient (Wildman–Crippen LogP) is 4.93. The number of ether oxygens (including phenoxy) is 1. The number of hydrogen-bond acceptors (Lipinski definition) is 8. The van der Waals surface area contributed by atoms with Gasteiger partial charge in [0.1, 0.15) is 30.3 Å². The van der Waals surface area contributed by atoms with E-state index in [1.807, 2.05) is 53.7 Å². The third kappa shape index (κ3) is 5.40. The molecule has 1 atom stereocenters. The number of nitrogens with zero attached hydrogens (tertiary/aromatic N) is 5. The van der Waals surface area contributed by atoms with Gasteiger partial charge in [0.25, 0.3) is 0 Å². The zero-order valence-electron chi connectivity index (χ0n) is 21.8. The molecule has 0 saturated carbocycles. The maximum absolute atomic E-state index is 9.72. The van der Waals surface area contributed by atoms with Crippen LogP contribution in [0.25, 0.3) is 16.5 Å². The molecule has 1 aromatic heterocycles. The van der Waals surface area contributed by atoms with Crippen LogP contribution in [0.2, 0.25) is 0 Å². The van der Waals surface area contributed by atoms with Crippen molar-refractivity contribution in [3.63, 3.8) is 0 Å². The van der Waals surface area contributed by atoms with Crippen molar-refractivity contribution in [3.05, 3.63) is 102 Å². The van der Waals surface area contributed by atoms with Gasteiger partial charge in [-0.05, 0) is 78.1 Å². The van der Waals surface area contributed by atoms with E-state index in [-0.39, 0.29) is 6.10 Å². The van der Waals surface area contributed by atoms with Crippen LogP contribution >= 0.6 is 0 Å². The van der Waals surface area contributed by atoms with Gasteiger partial charge in [-0.15, -0.1) is 0 Å². The number of benzene rings is 2. The van der Waals surface area contributed by atoms with Crippen LogP contribution in [0.1, 0.15) is 17.5 Å². The largest absolute Gasteiger partial charge is 0.492 e. The number of aliphatic hydroxyl groups is 1. The molecule has 8 heteroatoms. The molecular formula is C31H30N6O2. The fourth-order valence-electron chi connectivity index (χ4n) is 5.02. The summed E-state index contributed by atoms with van der Waals surface area (Å²) in [5, 5.41) is 14.1. The minimum Gasteiger partial charge on any atom is -0.492 e. The monoisotopic (exact) mass is 518 g/mol. The van der Waals surface area contributed by atoms with Gasteiger partial charge in [0.15, 0.2) is 0 Å². The Morgan fingerprint density at radius 2 is 2.15 bits per heavy atom. The molecule has 0 bridgehead atoms. The Morgan fingerprint density at radius 1 is 1.23 bits per heavy atom. The molecule has 2 N–H and O–H groups in total. The lowest BCUT2D eigenvalue weighted by atomic mass is 9.94. The summed E-state index contributed by atoms with van der Waals surface area (Å²) in [6.45, 7) is 9.42. The molecule has 1 fully saturated rings. The van der Waals surface area contributed by atoms with Gasteiger partial charge in [0.2, 0.25) is 0 Å². The summed E-state index contributed by atoms with van der Waals surface area (Å²) in [5.41, 5.74) is 8.87. The van der Waals surface area contributed by atoms with E-state index in [1.54, 1.807) is 12.5 Å². The Hall–Kier alpha value is -4.49. The van der Waals surface area contributed by atoms with Gasteiger partial charge in [-0.25, -0.2) is 15.0 Å². The van der Waals surface area contributed by atoms with Crippen LogP contribution < -0.4 is 10.1 Å². The van der Waals surface area contributed by atoms with Crippen molar-refractivity contribution < 1.29 is 9.84 Å². The Kier molecular flexibility index (Phi) is 6.82. The average Bonchev–Trinajstić information content (AvgIpc) is 3.37. The number of aliphatic hydroxyl groups excluding tert-OH is 1. The molecule has 2 aromatic carbocycles. The zero-order chi connectivity index (χ0) is 26.8. The molecule has 8 nitrogen and oxygen atoms in total. The fourth-order valence-corrected chi connectivity index (χ4v) is 5.02. The average molecular weight is 519 g/mol. The number of allylic oxidation sites excluding steroid dienone is 3. The van der Waals surface area contributed by atoms with Gasteiger partial charge in [0.05, 0.1) is 24.0 Å². The van der Waals surface area contributed by atoms with Gasteiger partial charge in [-0.1, -0.05) is 18.4 Å². The molecule has 0 spiro atoms. The number of aliphatic imine (C=N–C) groups is 1. The van der Waals surface area contributed by atoms with Crippen LogP contribution in [0.4, 0.5) is 11.5 Å². The van der Waals surface area contributed by atoms with Crippen molar-refractivity contribution in [2.24, 2.45) is 4.99 Å². The highest BCUT2D eigenvalue weighted by Gasteiger charge is 2.19. The smallest absolute Gasteiger partial charge is 0.141 e. The van der Waals surface area contributed by atoms with Crippen LogP contribution in [-0.4, -0.2) is 63.1 Å². The lowest BCUT2D eigenvalue weighted by Crippen LogP contribution is -2.27. The van der Waals surface area contributed by atoms with E-state index in [1.165, 1.54) is 0 Å². The van der Waals surface area contributed by atoms with E-state index in [2.05, 4.69) is 56.5 Å². The Labute approximate surface area is 227 Å². The highest BCUT2D eigenvalue weighted by atomic mass is 16.5. The van der Waals surface area contributed by atoms with Crippen molar-refractivity contribution in [2.75, 3.05) is 31.6 Å². The maximum Gasteiger partial charge on any atom is 0.141 e. The maximum atomic E-state index is 9.72.